The molecule has 0 aliphatic carbocycles. The molecule has 1 heterocycles. The number of carbonyl (C=O) groups excluding carboxylic acids is 1. The number of aromatic nitrogens is 1. The van der Waals surface area contributed by atoms with Crippen LogP contribution in [0.15, 0.2) is 48.5 Å². The van der Waals surface area contributed by atoms with Crippen LogP contribution in [0.3, 0.4) is 0 Å². The zero-order valence-corrected chi connectivity index (χ0v) is 12.8. The zero-order chi connectivity index (χ0) is 15.5. The second kappa shape index (κ2) is 6.06. The van der Waals surface area contributed by atoms with E-state index in [1.54, 1.807) is 0 Å². The highest BCUT2D eigenvalue weighted by molar-refractivity contribution is 5.94. The molecule has 0 unspecified atom stereocenters. The van der Waals surface area contributed by atoms with Gasteiger partial charge in [0.1, 0.15) is 0 Å². The highest BCUT2D eigenvalue weighted by Gasteiger charge is 2.16. The summed E-state index contributed by atoms with van der Waals surface area (Å²) < 4.78 is 5.13. The van der Waals surface area contributed by atoms with Crippen LogP contribution in [0.1, 0.15) is 18.1 Å². The van der Waals surface area contributed by atoms with Crippen molar-refractivity contribution in [3.05, 3.63) is 59.7 Å². The van der Waals surface area contributed by atoms with Crippen molar-refractivity contribution in [1.29, 1.82) is 0 Å². The Labute approximate surface area is 129 Å². The molecule has 0 saturated heterocycles. The first kappa shape index (κ1) is 14.4. The maximum atomic E-state index is 12.0. The molecule has 112 valence electrons. The summed E-state index contributed by atoms with van der Waals surface area (Å²) in [4.78, 5) is 15.4. The maximum Gasteiger partial charge on any atom is 0.310 e. The third-order valence-electron chi connectivity index (χ3n) is 3.75. The molecule has 2 aromatic carbocycles. The second-order valence-corrected chi connectivity index (χ2v) is 5.38. The highest BCUT2D eigenvalue weighted by atomic mass is 16.5. The molecule has 0 amide bonds. The van der Waals surface area contributed by atoms with E-state index in [2.05, 4.69) is 30.1 Å². The van der Waals surface area contributed by atoms with Crippen molar-refractivity contribution in [1.82, 2.24) is 4.98 Å². The lowest BCUT2D eigenvalue weighted by Gasteiger charge is -2.06. The van der Waals surface area contributed by atoms with Crippen LogP contribution in [-0.4, -0.2) is 17.6 Å². The number of fused-ring (bicyclic) bond motifs is 1. The van der Waals surface area contributed by atoms with E-state index >= 15 is 0 Å². The summed E-state index contributed by atoms with van der Waals surface area (Å²) in [5.74, 6) is -0.193. The molecule has 0 bridgehead atoms. The Morgan fingerprint density at radius 1 is 1.14 bits per heavy atom. The van der Waals surface area contributed by atoms with Gasteiger partial charge in [-0.15, -0.1) is 0 Å². The smallest absolute Gasteiger partial charge is 0.310 e. The van der Waals surface area contributed by atoms with Crippen LogP contribution in [0.2, 0.25) is 0 Å². The molecule has 0 spiro atoms. The van der Waals surface area contributed by atoms with E-state index in [0.717, 1.165) is 27.7 Å². The van der Waals surface area contributed by atoms with Gasteiger partial charge >= 0.3 is 5.97 Å². The number of H-pyrrole nitrogens is 1. The highest BCUT2D eigenvalue weighted by Crippen LogP contribution is 2.31. The predicted molar refractivity (Wildman–Crippen MR) is 88.8 cm³/mol. The lowest BCUT2D eigenvalue weighted by atomic mass is 10.0. The Hall–Kier alpha value is -2.55. The van der Waals surface area contributed by atoms with Gasteiger partial charge in [0.15, 0.2) is 0 Å². The molecular formula is C19H19NO2. The van der Waals surface area contributed by atoms with Crippen LogP contribution >= 0.6 is 0 Å². The van der Waals surface area contributed by atoms with Gasteiger partial charge in [0.05, 0.1) is 18.7 Å². The molecule has 3 rings (SSSR count). The fraction of sp³-hybridized carbons (Fsp3) is 0.211. The zero-order valence-electron chi connectivity index (χ0n) is 12.8. The number of rotatable bonds is 4. The minimum absolute atomic E-state index is 0.193. The summed E-state index contributed by atoms with van der Waals surface area (Å²) in [5, 5.41) is 1.08. The number of carbonyl (C=O) groups is 1. The van der Waals surface area contributed by atoms with Gasteiger partial charge in [0.2, 0.25) is 0 Å². The number of benzene rings is 2. The van der Waals surface area contributed by atoms with Crippen molar-refractivity contribution < 1.29 is 9.53 Å². The maximum absolute atomic E-state index is 12.0. The molecule has 0 saturated carbocycles. The van der Waals surface area contributed by atoms with Crippen LogP contribution in [0.25, 0.3) is 22.2 Å². The molecule has 1 aromatic heterocycles. The third kappa shape index (κ3) is 2.75. The van der Waals surface area contributed by atoms with Gasteiger partial charge in [0.25, 0.3) is 0 Å². The molecule has 0 aliphatic rings. The summed E-state index contributed by atoms with van der Waals surface area (Å²) >= 11 is 0. The Morgan fingerprint density at radius 2 is 1.95 bits per heavy atom. The Balaban J connectivity index is 2.14. The third-order valence-corrected chi connectivity index (χ3v) is 3.75. The van der Waals surface area contributed by atoms with Gasteiger partial charge < -0.3 is 9.72 Å². The van der Waals surface area contributed by atoms with Crippen LogP contribution in [-0.2, 0) is 16.0 Å². The number of hydrogen-bond acceptors (Lipinski definition) is 2. The van der Waals surface area contributed by atoms with Crippen molar-refractivity contribution in [2.75, 3.05) is 6.61 Å². The summed E-state index contributed by atoms with van der Waals surface area (Å²) in [6.07, 6.45) is 0.279. The van der Waals surface area contributed by atoms with Gasteiger partial charge in [0, 0.05) is 10.9 Å². The van der Waals surface area contributed by atoms with E-state index in [0.29, 0.717) is 6.61 Å². The summed E-state index contributed by atoms with van der Waals surface area (Å²) in [5.41, 5.74) is 5.32. The van der Waals surface area contributed by atoms with E-state index in [9.17, 15) is 4.79 Å². The number of ether oxygens (including phenoxy) is 1. The van der Waals surface area contributed by atoms with Crippen molar-refractivity contribution in [2.24, 2.45) is 0 Å². The lowest BCUT2D eigenvalue weighted by Crippen LogP contribution is -2.08. The Kier molecular flexibility index (Phi) is 3.96. The number of esters is 1. The van der Waals surface area contributed by atoms with E-state index in [-0.39, 0.29) is 12.4 Å². The van der Waals surface area contributed by atoms with Gasteiger partial charge in [-0.2, -0.15) is 0 Å². The van der Waals surface area contributed by atoms with E-state index in [1.165, 1.54) is 5.56 Å². The molecule has 3 heteroatoms. The molecule has 0 radical (unpaired) electrons. The molecule has 0 aliphatic heterocycles. The Morgan fingerprint density at radius 3 is 2.73 bits per heavy atom. The van der Waals surface area contributed by atoms with E-state index in [1.807, 2.05) is 37.3 Å². The van der Waals surface area contributed by atoms with Gasteiger partial charge in [-0.3, -0.25) is 4.79 Å². The van der Waals surface area contributed by atoms with Crippen LogP contribution in [0, 0.1) is 6.92 Å². The molecule has 1 N–H and O–H groups in total. The fourth-order valence-corrected chi connectivity index (χ4v) is 2.79. The molecular weight excluding hydrogens is 274 g/mol. The summed E-state index contributed by atoms with van der Waals surface area (Å²) in [6, 6.07) is 16.3. The SMILES string of the molecule is CCOC(=O)Cc1c(-c2cccc(C)c2)[nH]c2ccccc12. The fourth-order valence-electron chi connectivity index (χ4n) is 2.79. The molecule has 0 atom stereocenters. The average Bonchev–Trinajstić information content (AvgIpc) is 2.86. The topological polar surface area (TPSA) is 42.1 Å². The number of aryl methyl sites for hydroxylation is 1. The quantitative estimate of drug-likeness (QED) is 0.731. The second-order valence-electron chi connectivity index (χ2n) is 5.38. The number of nitrogens with one attached hydrogen (secondary N) is 1. The average molecular weight is 293 g/mol. The minimum Gasteiger partial charge on any atom is -0.466 e. The molecule has 0 fully saturated rings. The first-order valence-electron chi connectivity index (χ1n) is 7.51. The van der Waals surface area contributed by atoms with E-state index < -0.39 is 0 Å². The van der Waals surface area contributed by atoms with Gasteiger partial charge in [-0.25, -0.2) is 0 Å². The molecule has 22 heavy (non-hydrogen) atoms. The first-order chi connectivity index (χ1) is 10.7. The largest absolute Gasteiger partial charge is 0.466 e. The first-order valence-corrected chi connectivity index (χ1v) is 7.51. The number of para-hydroxylation sites is 1. The molecule has 3 aromatic rings. The predicted octanol–water partition coefficient (Wildman–Crippen LogP) is 4.25. The van der Waals surface area contributed by atoms with Crippen molar-refractivity contribution in [3.63, 3.8) is 0 Å². The summed E-state index contributed by atoms with van der Waals surface area (Å²) in [7, 11) is 0. The number of aromatic amines is 1. The monoisotopic (exact) mass is 293 g/mol. The summed E-state index contributed by atoms with van der Waals surface area (Å²) in [6.45, 7) is 4.30. The normalized spacial score (nSPS) is 10.8. The van der Waals surface area contributed by atoms with Crippen molar-refractivity contribution in [3.8, 4) is 11.3 Å². The van der Waals surface area contributed by atoms with Gasteiger partial charge in [-0.1, -0.05) is 42.0 Å². The van der Waals surface area contributed by atoms with E-state index in [4.69, 9.17) is 4.74 Å². The van der Waals surface area contributed by atoms with Crippen LogP contribution in [0.5, 0.6) is 0 Å². The Bertz CT molecular complexity index is 817. The van der Waals surface area contributed by atoms with Crippen LogP contribution < -0.4 is 0 Å². The molecule has 3 nitrogen and oxygen atoms in total. The standard InChI is InChI=1S/C19H19NO2/c1-3-22-18(21)12-16-15-9-4-5-10-17(15)20-19(16)14-8-6-7-13(2)11-14/h4-11,20H,3,12H2,1-2H3. The van der Waals surface area contributed by atoms with Crippen LogP contribution in [0.4, 0.5) is 0 Å². The van der Waals surface area contributed by atoms with Crippen molar-refractivity contribution in [2.45, 2.75) is 20.3 Å². The van der Waals surface area contributed by atoms with Gasteiger partial charge in [-0.05, 0) is 37.1 Å². The minimum atomic E-state index is -0.193. The van der Waals surface area contributed by atoms with Crippen molar-refractivity contribution >= 4 is 16.9 Å². The lowest BCUT2D eigenvalue weighted by molar-refractivity contribution is -0.142. The number of hydrogen-bond donors (Lipinski definition) is 1.